The fourth-order valence-corrected chi connectivity index (χ4v) is 1.80. The molecule has 0 fully saturated rings. The maximum atomic E-state index is 6.14. The van der Waals surface area contributed by atoms with Gasteiger partial charge < -0.3 is 10.5 Å². The molecule has 18 heavy (non-hydrogen) atoms. The molecular weight excluding hydrogens is 222 g/mol. The molecule has 1 unspecified atom stereocenters. The molecule has 110 valence electrons. The molecule has 0 aliphatic heterocycles. The summed E-state index contributed by atoms with van der Waals surface area (Å²) < 4.78 is 5.88. The Hall–Kier alpha value is -0.0800. The van der Waals surface area contributed by atoms with Gasteiger partial charge in [0.05, 0.1) is 0 Å². The summed E-state index contributed by atoms with van der Waals surface area (Å²) in [4.78, 5) is 0. The van der Waals surface area contributed by atoms with E-state index in [1.807, 2.05) is 6.92 Å². The predicted molar refractivity (Wildman–Crippen MR) is 80.4 cm³/mol. The van der Waals surface area contributed by atoms with Gasteiger partial charge in [-0.3, -0.25) is 0 Å². The van der Waals surface area contributed by atoms with Crippen LogP contribution >= 0.6 is 0 Å². The summed E-state index contributed by atoms with van der Waals surface area (Å²) in [7, 11) is 0. The average molecular weight is 257 g/mol. The van der Waals surface area contributed by atoms with Gasteiger partial charge in [0.1, 0.15) is 5.72 Å². The number of rotatable bonds is 7. The van der Waals surface area contributed by atoms with Crippen molar-refractivity contribution in [2.75, 3.05) is 6.61 Å². The van der Waals surface area contributed by atoms with Crippen molar-refractivity contribution in [3.05, 3.63) is 0 Å². The number of ether oxygens (including phenoxy) is 1. The maximum Gasteiger partial charge on any atom is 0.116 e. The molecule has 0 radical (unpaired) electrons. The lowest BCUT2D eigenvalue weighted by Gasteiger charge is -2.45. The Bertz CT molecular complexity index is 252. The summed E-state index contributed by atoms with van der Waals surface area (Å²) >= 11 is 0. The first-order chi connectivity index (χ1) is 7.84. The summed E-state index contributed by atoms with van der Waals surface area (Å²) in [6.07, 6.45) is 1.04. The van der Waals surface area contributed by atoms with E-state index in [9.17, 15) is 0 Å². The lowest BCUT2D eigenvalue weighted by molar-refractivity contribution is -0.0808. The van der Waals surface area contributed by atoms with E-state index in [0.717, 1.165) is 13.0 Å². The van der Waals surface area contributed by atoms with Crippen LogP contribution in [0.1, 0.15) is 68.7 Å². The summed E-state index contributed by atoms with van der Waals surface area (Å²) in [5.74, 6) is 0.987. The van der Waals surface area contributed by atoms with Gasteiger partial charge in [-0.2, -0.15) is 0 Å². The van der Waals surface area contributed by atoms with Crippen LogP contribution in [0.2, 0.25) is 0 Å². The highest BCUT2D eigenvalue weighted by molar-refractivity contribution is 4.88. The average Bonchev–Trinajstić information content (AvgIpc) is 2.15. The second kappa shape index (κ2) is 5.92. The van der Waals surface area contributed by atoms with Gasteiger partial charge in [0.2, 0.25) is 0 Å². The predicted octanol–water partition coefficient (Wildman–Crippen LogP) is 4.43. The molecule has 0 spiro atoms. The minimum absolute atomic E-state index is 0.244. The van der Waals surface area contributed by atoms with Gasteiger partial charge in [-0.05, 0) is 36.0 Å². The van der Waals surface area contributed by atoms with Crippen molar-refractivity contribution in [1.82, 2.24) is 0 Å². The molecule has 2 nitrogen and oxygen atoms in total. The van der Waals surface area contributed by atoms with Crippen molar-refractivity contribution in [3.63, 3.8) is 0 Å². The van der Waals surface area contributed by atoms with E-state index >= 15 is 0 Å². The molecule has 2 N–H and O–H groups in total. The van der Waals surface area contributed by atoms with Crippen LogP contribution < -0.4 is 5.73 Å². The Balaban J connectivity index is 4.46. The van der Waals surface area contributed by atoms with E-state index in [1.165, 1.54) is 0 Å². The van der Waals surface area contributed by atoms with E-state index < -0.39 is 5.72 Å². The van der Waals surface area contributed by atoms with E-state index in [1.54, 1.807) is 0 Å². The van der Waals surface area contributed by atoms with Gasteiger partial charge >= 0.3 is 0 Å². The van der Waals surface area contributed by atoms with Crippen molar-refractivity contribution in [2.24, 2.45) is 28.4 Å². The second-order valence-electron chi connectivity index (χ2n) is 7.70. The molecule has 0 rings (SSSR count). The van der Waals surface area contributed by atoms with Crippen LogP contribution in [0.5, 0.6) is 0 Å². The second-order valence-corrected chi connectivity index (χ2v) is 7.70. The van der Waals surface area contributed by atoms with Gasteiger partial charge in [-0.1, -0.05) is 55.4 Å². The highest BCUT2D eigenvalue weighted by Crippen LogP contribution is 2.46. The quantitative estimate of drug-likeness (QED) is 0.685. The van der Waals surface area contributed by atoms with Crippen LogP contribution in [0.4, 0.5) is 0 Å². The summed E-state index contributed by atoms with van der Waals surface area (Å²) in [5, 5.41) is 0. The number of nitrogens with two attached hydrogens (primary N) is 1. The minimum Gasteiger partial charge on any atom is -0.361 e. The molecule has 0 aromatic rings. The molecule has 0 bridgehead atoms. The minimum atomic E-state index is -0.516. The first kappa shape index (κ1) is 17.9. The van der Waals surface area contributed by atoms with Crippen LogP contribution in [0.15, 0.2) is 0 Å². The smallest absolute Gasteiger partial charge is 0.116 e. The van der Waals surface area contributed by atoms with E-state index in [2.05, 4.69) is 55.4 Å². The van der Waals surface area contributed by atoms with Crippen LogP contribution in [-0.4, -0.2) is 12.3 Å². The van der Waals surface area contributed by atoms with Crippen LogP contribution in [0, 0.1) is 22.7 Å². The lowest BCUT2D eigenvalue weighted by atomic mass is 9.61. The lowest BCUT2D eigenvalue weighted by Crippen LogP contribution is -2.46. The Morgan fingerprint density at radius 3 is 1.67 bits per heavy atom. The van der Waals surface area contributed by atoms with Crippen molar-refractivity contribution in [1.29, 1.82) is 0 Å². The molecule has 0 aromatic carbocycles. The molecule has 0 amide bonds. The molecule has 2 heteroatoms. The zero-order valence-corrected chi connectivity index (χ0v) is 14.1. The molecule has 0 saturated carbocycles. The fourth-order valence-electron chi connectivity index (χ4n) is 1.80. The maximum absolute atomic E-state index is 6.14. The third-order valence-electron chi connectivity index (χ3n) is 5.47. The van der Waals surface area contributed by atoms with E-state index in [4.69, 9.17) is 10.5 Å². The fraction of sp³-hybridized carbons (Fsp3) is 1.00. The standard InChI is InChI=1S/C16H35NO/c1-12(2)15(7,8)14(5,6)10-11-18-16(9,17)13(3)4/h12-13H,10-11,17H2,1-9H3. The highest BCUT2D eigenvalue weighted by Gasteiger charge is 2.39. The molecular formula is C16H35NO. The normalized spacial score (nSPS) is 17.3. The first-order valence-electron chi connectivity index (χ1n) is 7.27. The Morgan fingerprint density at radius 1 is 0.889 bits per heavy atom. The molecule has 0 aromatic heterocycles. The largest absolute Gasteiger partial charge is 0.361 e. The molecule has 0 heterocycles. The van der Waals surface area contributed by atoms with Gasteiger partial charge in [-0.25, -0.2) is 0 Å². The van der Waals surface area contributed by atoms with Gasteiger partial charge in [0.15, 0.2) is 0 Å². The first-order valence-corrected chi connectivity index (χ1v) is 7.27. The zero-order chi connectivity index (χ0) is 14.8. The van der Waals surface area contributed by atoms with Gasteiger partial charge in [-0.15, -0.1) is 0 Å². The summed E-state index contributed by atoms with van der Waals surface area (Å²) in [6, 6.07) is 0. The Kier molecular flexibility index (Phi) is 5.89. The third-order valence-corrected chi connectivity index (χ3v) is 5.47. The summed E-state index contributed by atoms with van der Waals surface area (Å²) in [5.41, 5.74) is 6.15. The van der Waals surface area contributed by atoms with Crippen LogP contribution in [0.25, 0.3) is 0 Å². The van der Waals surface area contributed by atoms with E-state index in [-0.39, 0.29) is 5.41 Å². The van der Waals surface area contributed by atoms with Crippen molar-refractivity contribution in [2.45, 2.75) is 74.5 Å². The van der Waals surface area contributed by atoms with Crippen LogP contribution in [0.3, 0.4) is 0 Å². The molecule has 0 aliphatic rings. The molecule has 0 aliphatic carbocycles. The monoisotopic (exact) mass is 257 g/mol. The molecule has 1 atom stereocenters. The highest BCUT2D eigenvalue weighted by atomic mass is 16.5. The third kappa shape index (κ3) is 4.24. The topological polar surface area (TPSA) is 35.2 Å². The van der Waals surface area contributed by atoms with Crippen LogP contribution in [-0.2, 0) is 4.74 Å². The van der Waals surface area contributed by atoms with Gasteiger partial charge in [0, 0.05) is 6.61 Å². The number of hydrogen-bond acceptors (Lipinski definition) is 2. The number of hydrogen-bond donors (Lipinski definition) is 1. The van der Waals surface area contributed by atoms with Gasteiger partial charge in [0.25, 0.3) is 0 Å². The van der Waals surface area contributed by atoms with Crippen molar-refractivity contribution < 1.29 is 4.74 Å². The zero-order valence-electron chi connectivity index (χ0n) is 14.1. The van der Waals surface area contributed by atoms with E-state index in [0.29, 0.717) is 17.3 Å². The molecule has 0 saturated heterocycles. The van der Waals surface area contributed by atoms with Crippen molar-refractivity contribution >= 4 is 0 Å². The SMILES string of the molecule is CC(C)C(C)(N)OCCC(C)(C)C(C)(C)C(C)C. The summed E-state index contributed by atoms with van der Waals surface area (Å²) in [6.45, 7) is 20.9. The van der Waals surface area contributed by atoms with Crippen molar-refractivity contribution in [3.8, 4) is 0 Å². The Morgan fingerprint density at radius 2 is 1.33 bits per heavy atom. The Labute approximate surface area is 115 Å².